The van der Waals surface area contributed by atoms with E-state index in [0.29, 0.717) is 5.82 Å². The second-order valence-electron chi connectivity index (χ2n) is 3.52. The monoisotopic (exact) mass is 237 g/mol. The van der Waals surface area contributed by atoms with Crippen LogP contribution < -0.4 is 5.32 Å². The Labute approximate surface area is 99.0 Å². The standard InChI is InChI=1S/C11H15N3O3/c1-3-5-14-6-4-12-10(14)7-9(11(16)17)13-8(2)15/h4,6-7H,3,5H2,1-2H3,(H,13,15)(H,16,17)/b9-7+. The van der Waals surface area contributed by atoms with Gasteiger partial charge in [-0.25, -0.2) is 9.78 Å². The third-order valence-corrected chi connectivity index (χ3v) is 2.03. The van der Waals surface area contributed by atoms with Crippen molar-refractivity contribution in [3.63, 3.8) is 0 Å². The van der Waals surface area contributed by atoms with E-state index in [9.17, 15) is 9.59 Å². The molecule has 0 aliphatic heterocycles. The summed E-state index contributed by atoms with van der Waals surface area (Å²) in [4.78, 5) is 25.8. The molecule has 0 saturated heterocycles. The van der Waals surface area contributed by atoms with Gasteiger partial charge in [-0.3, -0.25) is 4.79 Å². The van der Waals surface area contributed by atoms with E-state index in [-0.39, 0.29) is 5.70 Å². The van der Waals surface area contributed by atoms with Crippen molar-refractivity contribution in [1.82, 2.24) is 14.9 Å². The first-order valence-corrected chi connectivity index (χ1v) is 5.28. The highest BCUT2D eigenvalue weighted by atomic mass is 16.4. The summed E-state index contributed by atoms with van der Waals surface area (Å²) in [6.45, 7) is 4.02. The number of carboxylic acid groups (broad SMARTS) is 1. The van der Waals surface area contributed by atoms with Crippen LogP contribution in [0.4, 0.5) is 0 Å². The van der Waals surface area contributed by atoms with E-state index in [1.165, 1.54) is 13.0 Å². The highest BCUT2D eigenvalue weighted by Gasteiger charge is 2.10. The highest BCUT2D eigenvalue weighted by Crippen LogP contribution is 2.05. The Morgan fingerprint density at radius 1 is 1.59 bits per heavy atom. The molecule has 0 saturated carbocycles. The summed E-state index contributed by atoms with van der Waals surface area (Å²) in [5.41, 5.74) is -0.180. The molecule has 1 aromatic rings. The van der Waals surface area contributed by atoms with Gasteiger partial charge >= 0.3 is 5.97 Å². The van der Waals surface area contributed by atoms with Crippen LogP contribution in [0.15, 0.2) is 18.1 Å². The van der Waals surface area contributed by atoms with Gasteiger partial charge in [0.25, 0.3) is 0 Å². The lowest BCUT2D eigenvalue weighted by Gasteiger charge is -2.05. The average Bonchev–Trinajstić information content (AvgIpc) is 2.64. The second kappa shape index (κ2) is 5.83. The van der Waals surface area contributed by atoms with Gasteiger partial charge in [-0.05, 0) is 6.42 Å². The van der Waals surface area contributed by atoms with E-state index < -0.39 is 11.9 Å². The van der Waals surface area contributed by atoms with E-state index in [2.05, 4.69) is 10.3 Å². The van der Waals surface area contributed by atoms with Gasteiger partial charge in [0.1, 0.15) is 11.5 Å². The molecule has 0 aromatic carbocycles. The van der Waals surface area contributed by atoms with E-state index in [4.69, 9.17) is 5.11 Å². The number of aliphatic carboxylic acids is 1. The van der Waals surface area contributed by atoms with Crippen molar-refractivity contribution < 1.29 is 14.7 Å². The van der Waals surface area contributed by atoms with Gasteiger partial charge in [-0.2, -0.15) is 0 Å². The van der Waals surface area contributed by atoms with E-state index in [0.717, 1.165) is 13.0 Å². The molecule has 0 spiro atoms. The summed E-state index contributed by atoms with van der Waals surface area (Å²) in [5, 5.41) is 11.2. The topological polar surface area (TPSA) is 84.2 Å². The van der Waals surface area contributed by atoms with Crippen LogP contribution in [0, 0.1) is 0 Å². The first kappa shape index (κ1) is 13.0. The van der Waals surface area contributed by atoms with E-state index >= 15 is 0 Å². The fourth-order valence-corrected chi connectivity index (χ4v) is 1.36. The predicted molar refractivity (Wildman–Crippen MR) is 61.9 cm³/mol. The Morgan fingerprint density at radius 2 is 2.29 bits per heavy atom. The van der Waals surface area contributed by atoms with Gasteiger partial charge in [-0.1, -0.05) is 6.92 Å². The molecule has 1 amide bonds. The van der Waals surface area contributed by atoms with Crippen molar-refractivity contribution in [3.05, 3.63) is 23.9 Å². The van der Waals surface area contributed by atoms with Gasteiger partial charge in [0.2, 0.25) is 5.91 Å². The lowest BCUT2D eigenvalue weighted by molar-refractivity contribution is -0.134. The first-order chi connectivity index (χ1) is 8.04. The fraction of sp³-hybridized carbons (Fsp3) is 0.364. The van der Waals surface area contributed by atoms with Crippen LogP contribution in [0.3, 0.4) is 0 Å². The van der Waals surface area contributed by atoms with Gasteiger partial charge in [0, 0.05) is 31.9 Å². The largest absolute Gasteiger partial charge is 0.477 e. The number of rotatable bonds is 5. The molecular weight excluding hydrogens is 222 g/mol. The molecule has 0 fully saturated rings. The minimum absolute atomic E-state index is 0.180. The Balaban J connectivity index is 2.99. The van der Waals surface area contributed by atoms with Crippen LogP contribution in [0.5, 0.6) is 0 Å². The first-order valence-electron chi connectivity index (χ1n) is 5.28. The number of carbonyl (C=O) groups is 2. The zero-order valence-electron chi connectivity index (χ0n) is 9.80. The smallest absolute Gasteiger partial charge is 0.352 e. The zero-order chi connectivity index (χ0) is 12.8. The molecule has 17 heavy (non-hydrogen) atoms. The van der Waals surface area contributed by atoms with Crippen LogP contribution in [-0.4, -0.2) is 26.5 Å². The number of nitrogens with one attached hydrogen (secondary N) is 1. The van der Waals surface area contributed by atoms with Crippen LogP contribution >= 0.6 is 0 Å². The summed E-state index contributed by atoms with van der Waals surface area (Å²) < 4.78 is 1.82. The molecule has 1 rings (SSSR count). The number of aromatic nitrogens is 2. The summed E-state index contributed by atoms with van der Waals surface area (Å²) >= 11 is 0. The van der Waals surface area contributed by atoms with Crippen molar-refractivity contribution in [1.29, 1.82) is 0 Å². The Bertz CT molecular complexity index is 449. The molecule has 6 heteroatoms. The van der Waals surface area contributed by atoms with E-state index in [1.54, 1.807) is 12.4 Å². The fourth-order valence-electron chi connectivity index (χ4n) is 1.36. The van der Waals surface area contributed by atoms with Crippen molar-refractivity contribution in [2.75, 3.05) is 0 Å². The summed E-state index contributed by atoms with van der Waals surface area (Å²) in [5.74, 6) is -1.10. The number of nitrogens with zero attached hydrogens (tertiary/aromatic N) is 2. The molecule has 0 bridgehead atoms. The highest BCUT2D eigenvalue weighted by molar-refractivity contribution is 5.95. The Morgan fingerprint density at radius 3 is 2.82 bits per heavy atom. The molecule has 0 aliphatic carbocycles. The van der Waals surface area contributed by atoms with Crippen molar-refractivity contribution in [3.8, 4) is 0 Å². The number of carbonyl (C=O) groups excluding carboxylic acids is 1. The maximum Gasteiger partial charge on any atom is 0.352 e. The average molecular weight is 237 g/mol. The third-order valence-electron chi connectivity index (χ3n) is 2.03. The SMILES string of the molecule is CCCn1ccnc1/C=C(/NC(C)=O)C(=O)O. The van der Waals surface area contributed by atoms with Gasteiger partial charge < -0.3 is 15.0 Å². The maximum absolute atomic E-state index is 10.9. The number of hydrogen-bond acceptors (Lipinski definition) is 3. The van der Waals surface area contributed by atoms with Gasteiger partial charge in [0.05, 0.1) is 0 Å². The Kier molecular flexibility index (Phi) is 4.45. The zero-order valence-corrected chi connectivity index (χ0v) is 9.80. The summed E-state index contributed by atoms with van der Waals surface area (Å²) in [6, 6.07) is 0. The normalized spacial score (nSPS) is 11.3. The van der Waals surface area contributed by atoms with Crippen LogP contribution in [0.25, 0.3) is 6.08 Å². The van der Waals surface area contributed by atoms with Crippen molar-refractivity contribution >= 4 is 18.0 Å². The molecule has 2 N–H and O–H groups in total. The lowest BCUT2D eigenvalue weighted by atomic mass is 10.3. The third kappa shape index (κ3) is 3.75. The number of hydrogen-bond donors (Lipinski definition) is 2. The minimum Gasteiger partial charge on any atom is -0.477 e. The molecule has 1 heterocycles. The van der Waals surface area contributed by atoms with E-state index in [1.807, 2.05) is 11.5 Å². The van der Waals surface area contributed by atoms with Crippen LogP contribution in [0.1, 0.15) is 26.1 Å². The summed E-state index contributed by atoms with van der Waals surface area (Å²) in [7, 11) is 0. The Hall–Kier alpha value is -2.11. The predicted octanol–water partition coefficient (Wildman–Crippen LogP) is 0.855. The van der Waals surface area contributed by atoms with Crippen molar-refractivity contribution in [2.24, 2.45) is 0 Å². The molecule has 0 radical (unpaired) electrons. The van der Waals surface area contributed by atoms with Gasteiger partial charge in [-0.15, -0.1) is 0 Å². The van der Waals surface area contributed by atoms with Gasteiger partial charge in [0.15, 0.2) is 0 Å². The molecule has 92 valence electrons. The number of imidazole rings is 1. The molecule has 6 nitrogen and oxygen atoms in total. The second-order valence-corrected chi connectivity index (χ2v) is 3.52. The van der Waals surface area contributed by atoms with Crippen molar-refractivity contribution in [2.45, 2.75) is 26.8 Å². The maximum atomic E-state index is 10.9. The molecule has 0 unspecified atom stereocenters. The number of aryl methyl sites for hydroxylation is 1. The quantitative estimate of drug-likeness (QED) is 0.744. The molecule has 0 atom stereocenters. The summed E-state index contributed by atoms with van der Waals surface area (Å²) in [6.07, 6.45) is 5.62. The number of carboxylic acids is 1. The number of amides is 1. The van der Waals surface area contributed by atoms with Crippen LogP contribution in [0.2, 0.25) is 0 Å². The van der Waals surface area contributed by atoms with Crippen LogP contribution in [-0.2, 0) is 16.1 Å². The molecular formula is C11H15N3O3. The lowest BCUT2D eigenvalue weighted by Crippen LogP contribution is -2.24. The molecule has 1 aromatic heterocycles. The minimum atomic E-state index is -1.19. The molecule has 0 aliphatic rings.